The number of fused-ring (bicyclic) bond motifs is 1. The molecule has 0 saturated carbocycles. The van der Waals surface area contributed by atoms with Crippen LogP contribution in [0.3, 0.4) is 0 Å². The fourth-order valence-electron chi connectivity index (χ4n) is 5.12. The van der Waals surface area contributed by atoms with Crippen molar-refractivity contribution in [2.24, 2.45) is 10.9 Å². The molecule has 1 aliphatic carbocycles. The van der Waals surface area contributed by atoms with E-state index in [4.69, 9.17) is 4.74 Å². The Balaban J connectivity index is 1.46. The first kappa shape index (κ1) is 27.0. The number of allylic oxidation sites excluding steroid dienone is 3. The second kappa shape index (κ2) is 11.7. The number of piperazine rings is 1. The molecule has 1 atom stereocenters. The number of benzene rings is 2. The van der Waals surface area contributed by atoms with Gasteiger partial charge < -0.3 is 20.3 Å². The van der Waals surface area contributed by atoms with E-state index >= 15 is 13.2 Å². The van der Waals surface area contributed by atoms with E-state index < -0.39 is 29.2 Å². The molecule has 5 rings (SSSR count). The Morgan fingerprint density at radius 1 is 1.05 bits per heavy atom. The number of nitrogens with one attached hydrogen (secondary N) is 2. The van der Waals surface area contributed by atoms with Gasteiger partial charge in [-0.2, -0.15) is 4.39 Å². The molecule has 2 aromatic carbocycles. The predicted molar refractivity (Wildman–Crippen MR) is 147 cm³/mol. The number of hydrogen-bond donors (Lipinski definition) is 2. The van der Waals surface area contributed by atoms with Gasteiger partial charge in [-0.1, -0.05) is 24.6 Å². The molecule has 2 aromatic rings. The van der Waals surface area contributed by atoms with E-state index in [-0.39, 0.29) is 22.9 Å². The van der Waals surface area contributed by atoms with Crippen LogP contribution in [0, 0.1) is 23.4 Å². The largest absolute Gasteiger partial charge is 0.455 e. The van der Waals surface area contributed by atoms with Gasteiger partial charge in [0, 0.05) is 55.6 Å². The maximum Gasteiger partial charge on any atom is 0.204 e. The maximum absolute atomic E-state index is 15.9. The van der Waals surface area contributed by atoms with Crippen LogP contribution < -0.4 is 20.3 Å². The van der Waals surface area contributed by atoms with Crippen molar-refractivity contribution in [1.82, 2.24) is 5.32 Å². The number of nitrogens with zero attached hydrogens (tertiary/aromatic N) is 2. The molecule has 2 heterocycles. The summed E-state index contributed by atoms with van der Waals surface area (Å²) in [7, 11) is 0. The third-order valence-corrected chi connectivity index (χ3v) is 7.27. The number of hydrogen-bond acceptors (Lipinski definition) is 5. The van der Waals surface area contributed by atoms with Gasteiger partial charge in [-0.25, -0.2) is 18.2 Å². The Hall–Kier alpha value is -3.59. The molecule has 206 valence electrons. The summed E-state index contributed by atoms with van der Waals surface area (Å²) in [4.78, 5) is 6.10. The first-order valence-corrected chi connectivity index (χ1v) is 13.3. The number of amidine groups is 1. The fourth-order valence-corrected chi connectivity index (χ4v) is 5.12. The van der Waals surface area contributed by atoms with Crippen LogP contribution in [0.25, 0.3) is 6.08 Å². The molecule has 39 heavy (non-hydrogen) atoms. The minimum Gasteiger partial charge on any atom is -0.455 e. The molecule has 0 amide bonds. The molecule has 1 fully saturated rings. The minimum atomic E-state index is -0.861. The lowest BCUT2D eigenvalue weighted by Crippen LogP contribution is -2.43. The van der Waals surface area contributed by atoms with Gasteiger partial charge in [-0.3, -0.25) is 0 Å². The molecule has 9 heteroatoms. The quantitative estimate of drug-likeness (QED) is 0.415. The Bertz CT molecular complexity index is 1380. The SMILES string of the molecule is CC1=Cc2c(F)c(O/C3=C(F)/C(Nc4ccc(N5CCNCC5)c(F)c4)=N/C=C/CC3C)cc(F)c2CCC1. The molecule has 0 bridgehead atoms. The first-order chi connectivity index (χ1) is 18.8. The average Bonchev–Trinajstić information content (AvgIpc) is 3.13. The van der Waals surface area contributed by atoms with E-state index in [1.165, 1.54) is 12.3 Å². The van der Waals surface area contributed by atoms with Crippen LogP contribution in [0.5, 0.6) is 5.75 Å². The van der Waals surface area contributed by atoms with Gasteiger partial charge in [0.15, 0.2) is 17.4 Å². The summed E-state index contributed by atoms with van der Waals surface area (Å²) < 4.78 is 67.3. The second-order valence-corrected chi connectivity index (χ2v) is 10.2. The molecule has 0 spiro atoms. The zero-order chi connectivity index (χ0) is 27.5. The Labute approximate surface area is 226 Å². The highest BCUT2D eigenvalue weighted by Gasteiger charge is 2.27. The number of anilines is 2. The molecule has 1 saturated heterocycles. The Kier molecular flexibility index (Phi) is 8.07. The van der Waals surface area contributed by atoms with Crippen LogP contribution in [0.15, 0.2) is 58.7 Å². The van der Waals surface area contributed by atoms with Crippen molar-refractivity contribution in [2.75, 3.05) is 36.4 Å². The minimum absolute atomic E-state index is 0.145. The van der Waals surface area contributed by atoms with Gasteiger partial charge in [-0.15, -0.1) is 0 Å². The zero-order valence-corrected chi connectivity index (χ0v) is 22.1. The Morgan fingerprint density at radius 2 is 1.85 bits per heavy atom. The molecule has 2 aliphatic heterocycles. The van der Waals surface area contributed by atoms with E-state index in [1.807, 2.05) is 11.8 Å². The van der Waals surface area contributed by atoms with Crippen LogP contribution in [0.2, 0.25) is 0 Å². The summed E-state index contributed by atoms with van der Waals surface area (Å²) >= 11 is 0. The van der Waals surface area contributed by atoms with Gasteiger partial charge in [0.1, 0.15) is 17.4 Å². The summed E-state index contributed by atoms with van der Waals surface area (Å²) in [6.07, 6.45) is 7.08. The highest BCUT2D eigenvalue weighted by Crippen LogP contribution is 2.36. The topological polar surface area (TPSA) is 48.9 Å². The van der Waals surface area contributed by atoms with Gasteiger partial charge in [0.25, 0.3) is 0 Å². The second-order valence-electron chi connectivity index (χ2n) is 10.2. The highest BCUT2D eigenvalue weighted by molar-refractivity contribution is 6.07. The van der Waals surface area contributed by atoms with Crippen LogP contribution in [0.4, 0.5) is 28.9 Å². The van der Waals surface area contributed by atoms with E-state index in [0.29, 0.717) is 42.9 Å². The molecule has 2 N–H and O–H groups in total. The molecular formula is C30H32F4N4O. The zero-order valence-electron chi connectivity index (χ0n) is 22.1. The highest BCUT2D eigenvalue weighted by atomic mass is 19.1. The van der Waals surface area contributed by atoms with E-state index in [1.54, 1.807) is 31.2 Å². The van der Waals surface area contributed by atoms with E-state index in [2.05, 4.69) is 15.6 Å². The van der Waals surface area contributed by atoms with Crippen molar-refractivity contribution in [1.29, 1.82) is 0 Å². The van der Waals surface area contributed by atoms with E-state index in [9.17, 15) is 4.39 Å². The monoisotopic (exact) mass is 540 g/mol. The lowest BCUT2D eigenvalue weighted by atomic mass is 10.0. The standard InChI is InChI=1S/C30H32F4N4O/c1-18-5-3-7-21-22(15-18)27(33)26(17-23(21)31)39-29-19(2)6-4-10-36-30(28(29)34)37-20-8-9-25(24(32)16-20)38-13-11-35-12-14-38/h4,8-10,15-17,19,35H,3,5-7,11-14H2,1-2H3,(H,36,37)/b10-4+,29-28-. The fraction of sp³-hybridized carbons (Fsp3) is 0.367. The lowest BCUT2D eigenvalue weighted by molar-refractivity contribution is 0.321. The third-order valence-electron chi connectivity index (χ3n) is 7.27. The number of aliphatic imine (C=N–C) groups is 1. The van der Waals surface area contributed by atoms with Crippen LogP contribution in [-0.4, -0.2) is 32.0 Å². The van der Waals surface area contributed by atoms with Crippen LogP contribution in [0.1, 0.15) is 44.2 Å². The molecular weight excluding hydrogens is 508 g/mol. The Morgan fingerprint density at radius 3 is 2.62 bits per heavy atom. The van der Waals surface area contributed by atoms with E-state index in [0.717, 1.165) is 37.6 Å². The lowest BCUT2D eigenvalue weighted by Gasteiger charge is -2.29. The van der Waals surface area contributed by atoms with Crippen molar-refractivity contribution in [3.05, 3.63) is 82.3 Å². The van der Waals surface area contributed by atoms with Gasteiger partial charge in [0.2, 0.25) is 5.83 Å². The average molecular weight is 541 g/mol. The summed E-state index contributed by atoms with van der Waals surface area (Å²) in [5.74, 6) is -3.90. The van der Waals surface area contributed by atoms with Gasteiger partial charge >= 0.3 is 0 Å². The van der Waals surface area contributed by atoms with Crippen molar-refractivity contribution < 1.29 is 22.3 Å². The van der Waals surface area contributed by atoms with Crippen molar-refractivity contribution >= 4 is 23.3 Å². The summed E-state index contributed by atoms with van der Waals surface area (Å²) in [6.45, 7) is 6.51. The van der Waals surface area contributed by atoms with Crippen molar-refractivity contribution in [3.8, 4) is 5.75 Å². The van der Waals surface area contributed by atoms with Gasteiger partial charge in [-0.05, 0) is 56.4 Å². The first-order valence-electron chi connectivity index (χ1n) is 13.3. The van der Waals surface area contributed by atoms with Gasteiger partial charge in [0.05, 0.1) is 5.69 Å². The molecule has 3 aliphatic rings. The number of rotatable bonds is 4. The van der Waals surface area contributed by atoms with Crippen molar-refractivity contribution in [3.63, 3.8) is 0 Å². The molecule has 1 unspecified atom stereocenters. The maximum atomic E-state index is 15.9. The number of ether oxygens (including phenoxy) is 1. The molecule has 0 radical (unpaired) electrons. The van der Waals surface area contributed by atoms with Crippen LogP contribution in [-0.2, 0) is 6.42 Å². The number of halogens is 4. The molecule has 5 nitrogen and oxygen atoms in total. The summed E-state index contributed by atoms with van der Waals surface area (Å²) in [5.41, 5.74) is 2.15. The predicted octanol–water partition coefficient (Wildman–Crippen LogP) is 6.88. The third kappa shape index (κ3) is 5.88. The smallest absolute Gasteiger partial charge is 0.204 e. The van der Waals surface area contributed by atoms with Crippen molar-refractivity contribution in [2.45, 2.75) is 39.5 Å². The summed E-state index contributed by atoms with van der Waals surface area (Å²) in [5, 5.41) is 6.07. The molecule has 0 aromatic heterocycles. The normalized spacial score (nSPS) is 23.9. The van der Waals surface area contributed by atoms with Crippen LogP contribution >= 0.6 is 0 Å². The summed E-state index contributed by atoms with van der Waals surface area (Å²) in [6, 6.07) is 5.57.